The topological polar surface area (TPSA) is 57.3 Å². The van der Waals surface area contributed by atoms with Gasteiger partial charge in [-0.3, -0.25) is 0 Å². The molecule has 1 saturated heterocycles. The van der Waals surface area contributed by atoms with Gasteiger partial charge in [-0.2, -0.15) is 0 Å². The molecule has 25 heavy (non-hydrogen) atoms. The van der Waals surface area contributed by atoms with Crippen LogP contribution in [0.25, 0.3) is 0 Å². The van der Waals surface area contributed by atoms with Gasteiger partial charge in [0.15, 0.2) is 0 Å². The van der Waals surface area contributed by atoms with E-state index in [0.717, 1.165) is 30.2 Å². The van der Waals surface area contributed by atoms with Gasteiger partial charge in [-0.25, -0.2) is 9.78 Å². The molecule has 0 radical (unpaired) electrons. The van der Waals surface area contributed by atoms with E-state index in [1.807, 2.05) is 30.5 Å². The summed E-state index contributed by atoms with van der Waals surface area (Å²) in [5.41, 5.74) is 1.07. The molecule has 1 aliphatic rings. The maximum Gasteiger partial charge on any atom is 0.315 e. The summed E-state index contributed by atoms with van der Waals surface area (Å²) in [5.74, 6) is 1.86. The SMILES string of the molecule is O=C(NCCSc1ccccc1)NCc1ccnc(N2CCCC2)c1. The van der Waals surface area contributed by atoms with E-state index in [1.165, 1.54) is 17.7 Å². The van der Waals surface area contributed by atoms with Crippen LogP contribution in [0, 0.1) is 0 Å². The highest BCUT2D eigenvalue weighted by Crippen LogP contribution is 2.18. The molecule has 1 aromatic carbocycles. The molecule has 2 amide bonds. The normalized spacial score (nSPS) is 13.7. The zero-order valence-corrected chi connectivity index (χ0v) is 15.1. The first-order valence-corrected chi connectivity index (χ1v) is 9.69. The van der Waals surface area contributed by atoms with Crippen LogP contribution in [0.1, 0.15) is 18.4 Å². The van der Waals surface area contributed by atoms with Gasteiger partial charge in [0.05, 0.1) is 0 Å². The standard InChI is InChI=1S/C19H24N4OS/c24-19(21-10-13-25-17-6-2-1-3-7-17)22-15-16-8-9-20-18(14-16)23-11-4-5-12-23/h1-3,6-9,14H,4-5,10-13,15H2,(H2,21,22,24). The van der Waals surface area contributed by atoms with E-state index in [2.05, 4.69) is 38.7 Å². The second kappa shape index (κ2) is 9.32. The number of hydrogen-bond donors (Lipinski definition) is 2. The third-order valence-corrected chi connectivity index (χ3v) is 5.11. The Balaban J connectivity index is 1.36. The number of nitrogens with one attached hydrogen (secondary N) is 2. The van der Waals surface area contributed by atoms with Crippen molar-refractivity contribution >= 4 is 23.6 Å². The van der Waals surface area contributed by atoms with Crippen molar-refractivity contribution in [3.63, 3.8) is 0 Å². The summed E-state index contributed by atoms with van der Waals surface area (Å²) in [6.45, 7) is 3.30. The van der Waals surface area contributed by atoms with E-state index in [0.29, 0.717) is 13.1 Å². The first-order valence-electron chi connectivity index (χ1n) is 8.71. The molecule has 1 fully saturated rings. The molecule has 0 aliphatic carbocycles. The zero-order chi connectivity index (χ0) is 17.3. The van der Waals surface area contributed by atoms with Crippen LogP contribution in [0.4, 0.5) is 10.6 Å². The molecule has 0 bridgehead atoms. The summed E-state index contributed by atoms with van der Waals surface area (Å²) in [4.78, 5) is 19.9. The van der Waals surface area contributed by atoms with Crippen LogP contribution < -0.4 is 15.5 Å². The number of amides is 2. The fourth-order valence-corrected chi connectivity index (χ4v) is 3.57. The van der Waals surface area contributed by atoms with Crippen molar-refractivity contribution in [2.45, 2.75) is 24.3 Å². The Morgan fingerprint density at radius 1 is 1.12 bits per heavy atom. The van der Waals surface area contributed by atoms with Crippen LogP contribution in [0.15, 0.2) is 53.6 Å². The minimum absolute atomic E-state index is 0.131. The Morgan fingerprint density at radius 3 is 2.72 bits per heavy atom. The van der Waals surface area contributed by atoms with Gasteiger partial charge in [0.2, 0.25) is 0 Å². The lowest BCUT2D eigenvalue weighted by molar-refractivity contribution is 0.241. The van der Waals surface area contributed by atoms with Crippen LogP contribution in [0.3, 0.4) is 0 Å². The number of urea groups is 1. The second-order valence-electron chi connectivity index (χ2n) is 5.99. The number of hydrogen-bond acceptors (Lipinski definition) is 4. The quantitative estimate of drug-likeness (QED) is 0.590. The summed E-state index contributed by atoms with van der Waals surface area (Å²) < 4.78 is 0. The van der Waals surface area contributed by atoms with E-state index < -0.39 is 0 Å². The summed E-state index contributed by atoms with van der Waals surface area (Å²) in [6.07, 6.45) is 4.28. The van der Waals surface area contributed by atoms with E-state index in [9.17, 15) is 4.79 Å². The van der Waals surface area contributed by atoms with E-state index in [-0.39, 0.29) is 6.03 Å². The predicted octanol–water partition coefficient (Wildman–Crippen LogP) is 3.27. The minimum atomic E-state index is -0.131. The molecule has 6 heteroatoms. The largest absolute Gasteiger partial charge is 0.357 e. The third-order valence-electron chi connectivity index (χ3n) is 4.09. The Morgan fingerprint density at radius 2 is 1.92 bits per heavy atom. The zero-order valence-electron chi connectivity index (χ0n) is 14.3. The first kappa shape index (κ1) is 17.6. The van der Waals surface area contributed by atoms with E-state index >= 15 is 0 Å². The number of thioether (sulfide) groups is 1. The van der Waals surface area contributed by atoms with Gasteiger partial charge in [-0.15, -0.1) is 11.8 Å². The Labute approximate surface area is 153 Å². The molecule has 0 unspecified atom stereocenters. The maximum absolute atomic E-state index is 11.9. The minimum Gasteiger partial charge on any atom is -0.357 e. The lowest BCUT2D eigenvalue weighted by atomic mass is 10.2. The van der Waals surface area contributed by atoms with Crippen molar-refractivity contribution in [1.29, 1.82) is 0 Å². The summed E-state index contributed by atoms with van der Waals surface area (Å²) in [6, 6.07) is 14.1. The van der Waals surface area contributed by atoms with Crippen molar-refractivity contribution in [2.75, 3.05) is 30.3 Å². The number of carbonyl (C=O) groups is 1. The molecule has 2 aromatic rings. The molecule has 1 aliphatic heterocycles. The lowest BCUT2D eigenvalue weighted by Gasteiger charge is -2.17. The van der Waals surface area contributed by atoms with Crippen LogP contribution in [0.5, 0.6) is 0 Å². The number of anilines is 1. The molecule has 3 rings (SSSR count). The highest BCUT2D eigenvalue weighted by molar-refractivity contribution is 7.99. The van der Waals surface area contributed by atoms with Gasteiger partial charge in [0.1, 0.15) is 5.82 Å². The fourth-order valence-electron chi connectivity index (χ4n) is 2.78. The Hall–Kier alpha value is -2.21. The number of carbonyl (C=O) groups excluding carboxylic acids is 1. The Bertz CT molecular complexity index is 674. The summed E-state index contributed by atoms with van der Waals surface area (Å²) in [5, 5.41) is 5.81. The second-order valence-corrected chi connectivity index (χ2v) is 7.16. The summed E-state index contributed by atoms with van der Waals surface area (Å²) in [7, 11) is 0. The van der Waals surface area contributed by atoms with Gasteiger partial charge in [-0.05, 0) is 42.7 Å². The van der Waals surface area contributed by atoms with Crippen molar-refractivity contribution in [1.82, 2.24) is 15.6 Å². The first-order chi connectivity index (χ1) is 12.3. The average Bonchev–Trinajstić information content (AvgIpc) is 3.19. The summed E-state index contributed by atoms with van der Waals surface area (Å²) >= 11 is 1.74. The van der Waals surface area contributed by atoms with Crippen LogP contribution in [0.2, 0.25) is 0 Å². The van der Waals surface area contributed by atoms with Crippen LogP contribution in [-0.2, 0) is 6.54 Å². The van der Waals surface area contributed by atoms with Crippen LogP contribution in [-0.4, -0.2) is 36.4 Å². The molecular weight excluding hydrogens is 332 g/mol. The monoisotopic (exact) mass is 356 g/mol. The number of pyridine rings is 1. The van der Waals surface area contributed by atoms with Crippen LogP contribution >= 0.6 is 11.8 Å². The van der Waals surface area contributed by atoms with Crippen molar-refractivity contribution < 1.29 is 4.79 Å². The van der Waals surface area contributed by atoms with Crippen molar-refractivity contribution in [2.24, 2.45) is 0 Å². The molecule has 132 valence electrons. The molecule has 2 heterocycles. The molecule has 2 N–H and O–H groups in total. The van der Waals surface area contributed by atoms with E-state index in [1.54, 1.807) is 11.8 Å². The molecule has 0 saturated carbocycles. The van der Waals surface area contributed by atoms with Gasteiger partial charge >= 0.3 is 6.03 Å². The van der Waals surface area contributed by atoms with Gasteiger partial charge in [-0.1, -0.05) is 18.2 Å². The predicted molar refractivity (Wildman–Crippen MR) is 103 cm³/mol. The molecule has 1 aromatic heterocycles. The average molecular weight is 356 g/mol. The third kappa shape index (κ3) is 5.67. The lowest BCUT2D eigenvalue weighted by Crippen LogP contribution is -2.36. The number of nitrogens with zero attached hydrogens (tertiary/aromatic N) is 2. The number of aromatic nitrogens is 1. The van der Waals surface area contributed by atoms with E-state index in [4.69, 9.17) is 0 Å². The number of benzene rings is 1. The molecule has 0 atom stereocenters. The van der Waals surface area contributed by atoms with Crippen molar-refractivity contribution in [3.8, 4) is 0 Å². The molecular formula is C19H24N4OS. The smallest absolute Gasteiger partial charge is 0.315 e. The van der Waals surface area contributed by atoms with Gasteiger partial charge in [0.25, 0.3) is 0 Å². The van der Waals surface area contributed by atoms with Gasteiger partial charge in [0, 0.05) is 43.0 Å². The Kier molecular flexibility index (Phi) is 6.56. The maximum atomic E-state index is 11.9. The fraction of sp³-hybridized carbons (Fsp3) is 0.368. The number of rotatable bonds is 7. The molecule has 5 nitrogen and oxygen atoms in total. The molecule has 0 spiro atoms. The highest BCUT2D eigenvalue weighted by Gasteiger charge is 2.13. The van der Waals surface area contributed by atoms with Crippen molar-refractivity contribution in [3.05, 3.63) is 54.2 Å². The highest BCUT2D eigenvalue weighted by atomic mass is 32.2. The van der Waals surface area contributed by atoms with Gasteiger partial charge < -0.3 is 15.5 Å².